The van der Waals surface area contributed by atoms with Gasteiger partial charge in [0.15, 0.2) is 0 Å². The van der Waals surface area contributed by atoms with E-state index in [1.54, 1.807) is 11.8 Å². The molecule has 8 heteroatoms. The fourth-order valence-corrected chi connectivity index (χ4v) is 2.52. The summed E-state index contributed by atoms with van der Waals surface area (Å²) < 4.78 is 4.69. The highest BCUT2D eigenvalue weighted by atomic mass is 32.2. The van der Waals surface area contributed by atoms with E-state index in [9.17, 15) is 14.9 Å². The van der Waals surface area contributed by atoms with Crippen LogP contribution in [0.1, 0.15) is 23.2 Å². The number of thioether (sulfide) groups is 1. The average molecular weight is 297 g/mol. The Kier molecular flexibility index (Phi) is 4.12. The smallest absolute Gasteiger partial charge is 0.339 e. The van der Waals surface area contributed by atoms with E-state index in [-0.39, 0.29) is 21.8 Å². The van der Waals surface area contributed by atoms with Crippen molar-refractivity contribution in [3.63, 3.8) is 0 Å². The first-order valence-corrected chi connectivity index (χ1v) is 7.25. The molecule has 1 aliphatic rings. The van der Waals surface area contributed by atoms with Crippen LogP contribution in [0, 0.1) is 10.1 Å². The number of carbonyl (C=O) groups is 1. The van der Waals surface area contributed by atoms with Crippen LogP contribution >= 0.6 is 11.8 Å². The number of aromatic nitrogens is 1. The van der Waals surface area contributed by atoms with Crippen LogP contribution in [0.15, 0.2) is 12.3 Å². The molecule has 1 aliphatic carbocycles. The Morgan fingerprint density at radius 1 is 1.65 bits per heavy atom. The van der Waals surface area contributed by atoms with Crippen LogP contribution in [0.2, 0.25) is 0 Å². The fraction of sp³-hybridized carbons (Fsp3) is 0.500. The molecule has 108 valence electrons. The van der Waals surface area contributed by atoms with Gasteiger partial charge < -0.3 is 10.1 Å². The van der Waals surface area contributed by atoms with Crippen molar-refractivity contribution < 1.29 is 14.5 Å². The summed E-state index contributed by atoms with van der Waals surface area (Å²) in [5.41, 5.74) is -0.152. The Labute approximate surface area is 120 Å². The van der Waals surface area contributed by atoms with E-state index in [4.69, 9.17) is 0 Å². The maximum absolute atomic E-state index is 11.4. The number of nitro groups is 1. The Morgan fingerprint density at radius 3 is 2.85 bits per heavy atom. The highest BCUT2D eigenvalue weighted by Crippen LogP contribution is 2.47. The molecule has 0 aromatic carbocycles. The quantitative estimate of drug-likeness (QED) is 0.488. The van der Waals surface area contributed by atoms with Gasteiger partial charge in [-0.15, -0.1) is 0 Å². The van der Waals surface area contributed by atoms with Crippen LogP contribution in [-0.4, -0.2) is 40.5 Å². The predicted octanol–water partition coefficient (Wildman–Crippen LogP) is 2.08. The first-order chi connectivity index (χ1) is 9.51. The largest absolute Gasteiger partial charge is 0.465 e. The lowest BCUT2D eigenvalue weighted by atomic mass is 10.2. The van der Waals surface area contributed by atoms with Crippen molar-refractivity contribution in [2.24, 2.45) is 0 Å². The molecule has 1 aromatic heterocycles. The van der Waals surface area contributed by atoms with E-state index in [2.05, 4.69) is 15.0 Å². The van der Waals surface area contributed by atoms with E-state index in [0.717, 1.165) is 12.8 Å². The summed E-state index contributed by atoms with van der Waals surface area (Å²) in [5.74, 6) is -0.460. The Morgan fingerprint density at radius 2 is 2.35 bits per heavy atom. The molecule has 2 rings (SSSR count). The van der Waals surface area contributed by atoms with Gasteiger partial charge >= 0.3 is 11.7 Å². The zero-order valence-electron chi connectivity index (χ0n) is 11.2. The van der Waals surface area contributed by atoms with Gasteiger partial charge in [-0.1, -0.05) is 0 Å². The molecule has 1 saturated carbocycles. The van der Waals surface area contributed by atoms with Crippen LogP contribution in [0.25, 0.3) is 0 Å². The Hall–Kier alpha value is -1.83. The number of anilines is 1. The third-order valence-electron chi connectivity index (χ3n) is 3.30. The number of rotatable bonds is 6. The van der Waals surface area contributed by atoms with Gasteiger partial charge in [0, 0.05) is 23.6 Å². The molecule has 7 nitrogen and oxygen atoms in total. The highest BCUT2D eigenvalue weighted by Gasteiger charge is 2.42. The number of methoxy groups -OCH3 is 1. The summed E-state index contributed by atoms with van der Waals surface area (Å²) in [6.45, 7) is 0.625. The van der Waals surface area contributed by atoms with Gasteiger partial charge in [-0.05, 0) is 19.1 Å². The molecule has 0 amide bonds. The first kappa shape index (κ1) is 14.6. The van der Waals surface area contributed by atoms with Crippen molar-refractivity contribution in [2.75, 3.05) is 25.2 Å². The molecular weight excluding hydrogens is 282 g/mol. The van der Waals surface area contributed by atoms with E-state index in [1.165, 1.54) is 19.4 Å². The van der Waals surface area contributed by atoms with Crippen molar-refractivity contribution in [3.8, 4) is 0 Å². The van der Waals surface area contributed by atoms with Gasteiger partial charge in [0.2, 0.25) is 5.82 Å². The summed E-state index contributed by atoms with van der Waals surface area (Å²) in [7, 11) is 1.22. The molecule has 1 heterocycles. The van der Waals surface area contributed by atoms with Crippen molar-refractivity contribution >= 4 is 29.2 Å². The standard InChI is InChI=1S/C12H15N3O4S/c1-19-11(16)8-5-9(15(17)18)10(13-6-8)14-7-12(20-2)3-4-12/h5-6H,3-4,7H2,1-2H3,(H,13,14). The number of carbonyl (C=O) groups excluding carboxylic acids is 1. The van der Waals surface area contributed by atoms with Gasteiger partial charge in [0.05, 0.1) is 17.6 Å². The van der Waals surface area contributed by atoms with Crippen LogP contribution in [0.4, 0.5) is 11.5 Å². The highest BCUT2D eigenvalue weighted by molar-refractivity contribution is 8.00. The molecule has 1 N–H and O–H groups in total. The molecule has 0 atom stereocenters. The minimum absolute atomic E-state index is 0.0655. The summed E-state index contributed by atoms with van der Waals surface area (Å²) in [5, 5.41) is 14.1. The second-order valence-corrected chi connectivity index (χ2v) is 5.86. The Balaban J connectivity index is 2.19. The number of hydrogen-bond donors (Lipinski definition) is 1. The predicted molar refractivity (Wildman–Crippen MR) is 76.2 cm³/mol. The molecule has 0 spiro atoms. The second kappa shape index (κ2) is 5.66. The zero-order chi connectivity index (χ0) is 14.8. The molecule has 0 unspecified atom stereocenters. The lowest BCUT2D eigenvalue weighted by Crippen LogP contribution is -2.19. The molecule has 0 bridgehead atoms. The number of ether oxygens (including phenoxy) is 1. The SMILES string of the molecule is COC(=O)c1cnc(NCC2(SC)CC2)c([N+](=O)[O-])c1. The average Bonchev–Trinajstić information content (AvgIpc) is 3.24. The van der Waals surface area contributed by atoms with Crippen LogP contribution in [-0.2, 0) is 4.74 Å². The van der Waals surface area contributed by atoms with Gasteiger partial charge in [-0.3, -0.25) is 10.1 Å². The molecule has 0 aliphatic heterocycles. The van der Waals surface area contributed by atoms with Crippen LogP contribution in [0.3, 0.4) is 0 Å². The lowest BCUT2D eigenvalue weighted by molar-refractivity contribution is -0.384. The van der Waals surface area contributed by atoms with E-state index in [0.29, 0.717) is 6.54 Å². The van der Waals surface area contributed by atoms with E-state index >= 15 is 0 Å². The van der Waals surface area contributed by atoms with Crippen molar-refractivity contribution in [2.45, 2.75) is 17.6 Å². The summed E-state index contributed by atoms with van der Waals surface area (Å²) in [6, 6.07) is 1.18. The van der Waals surface area contributed by atoms with E-state index < -0.39 is 10.9 Å². The molecule has 1 aromatic rings. The number of esters is 1. The first-order valence-electron chi connectivity index (χ1n) is 6.03. The molecular formula is C12H15N3O4S. The topological polar surface area (TPSA) is 94.4 Å². The molecule has 20 heavy (non-hydrogen) atoms. The third-order valence-corrected chi connectivity index (χ3v) is 4.72. The number of nitrogens with zero attached hydrogens (tertiary/aromatic N) is 2. The zero-order valence-corrected chi connectivity index (χ0v) is 12.0. The fourth-order valence-electron chi connectivity index (χ4n) is 1.80. The van der Waals surface area contributed by atoms with Gasteiger partial charge in [0.25, 0.3) is 0 Å². The van der Waals surface area contributed by atoms with Gasteiger partial charge in [-0.25, -0.2) is 9.78 Å². The monoisotopic (exact) mass is 297 g/mol. The van der Waals surface area contributed by atoms with Crippen molar-refractivity contribution in [3.05, 3.63) is 27.9 Å². The van der Waals surface area contributed by atoms with E-state index in [1.807, 2.05) is 6.26 Å². The maximum atomic E-state index is 11.4. The minimum atomic E-state index is -0.644. The molecule has 0 radical (unpaired) electrons. The van der Waals surface area contributed by atoms with Crippen LogP contribution < -0.4 is 5.32 Å². The normalized spacial score (nSPS) is 15.5. The number of hydrogen-bond acceptors (Lipinski definition) is 7. The van der Waals surface area contributed by atoms with Crippen molar-refractivity contribution in [1.82, 2.24) is 4.98 Å². The van der Waals surface area contributed by atoms with Gasteiger partial charge in [-0.2, -0.15) is 11.8 Å². The van der Waals surface area contributed by atoms with Crippen LogP contribution in [0.5, 0.6) is 0 Å². The summed E-state index contributed by atoms with van der Waals surface area (Å²) in [6.07, 6.45) is 5.49. The lowest BCUT2D eigenvalue weighted by Gasteiger charge is -2.13. The molecule has 0 saturated heterocycles. The summed E-state index contributed by atoms with van der Waals surface area (Å²) >= 11 is 1.75. The molecule has 1 fully saturated rings. The number of pyridine rings is 1. The number of nitrogens with one attached hydrogen (secondary N) is 1. The second-order valence-electron chi connectivity index (χ2n) is 4.58. The Bertz CT molecular complexity index is 546. The minimum Gasteiger partial charge on any atom is -0.465 e. The summed E-state index contributed by atoms with van der Waals surface area (Å²) in [4.78, 5) is 25.8. The van der Waals surface area contributed by atoms with Crippen molar-refractivity contribution in [1.29, 1.82) is 0 Å². The third kappa shape index (κ3) is 3.01. The van der Waals surface area contributed by atoms with Gasteiger partial charge in [0.1, 0.15) is 0 Å². The maximum Gasteiger partial charge on any atom is 0.339 e.